The molecule has 0 bridgehead atoms. The number of carbonyl (C=O) groups is 1. The molecule has 1 unspecified atom stereocenters. The third-order valence-corrected chi connectivity index (χ3v) is 5.53. The molecule has 1 aliphatic rings. The number of rotatable bonds is 8. The lowest BCUT2D eigenvalue weighted by Gasteiger charge is -2.34. The van der Waals surface area contributed by atoms with Crippen LogP contribution in [0.2, 0.25) is 0 Å². The highest BCUT2D eigenvalue weighted by Crippen LogP contribution is 2.19. The summed E-state index contributed by atoms with van der Waals surface area (Å²) < 4.78 is 13.3. The lowest BCUT2D eigenvalue weighted by atomic mass is 9.95. The largest absolute Gasteiger partial charge is 0.348 e. The molecule has 3 N–H and O–H groups in total. The summed E-state index contributed by atoms with van der Waals surface area (Å²) in [6.07, 6.45) is 6.77. The van der Waals surface area contributed by atoms with Crippen LogP contribution in [0.4, 0.5) is 4.39 Å². The lowest BCUT2D eigenvalue weighted by Crippen LogP contribution is -2.46. The zero-order valence-corrected chi connectivity index (χ0v) is 16.5. The van der Waals surface area contributed by atoms with Gasteiger partial charge in [0, 0.05) is 38.4 Å². The number of aromatic amines is 1. The van der Waals surface area contributed by atoms with Gasteiger partial charge in [-0.3, -0.25) is 4.79 Å². The van der Waals surface area contributed by atoms with Gasteiger partial charge in [0.05, 0.1) is 12.4 Å². The number of imidazole rings is 1. The normalized spacial score (nSPS) is 16.8. The molecule has 1 aliphatic heterocycles. The molecule has 6 nitrogen and oxygen atoms in total. The average molecular weight is 388 g/mol. The van der Waals surface area contributed by atoms with E-state index in [-0.39, 0.29) is 11.7 Å². The molecule has 2 aromatic rings. The summed E-state index contributed by atoms with van der Waals surface area (Å²) in [5.74, 6) is 0.302. The molecule has 1 saturated heterocycles. The molecule has 1 aromatic carbocycles. The number of aromatic nitrogens is 2. The minimum absolute atomic E-state index is 0.0249. The molecule has 0 saturated carbocycles. The first kappa shape index (κ1) is 20.5. The van der Waals surface area contributed by atoms with Crippen molar-refractivity contribution in [2.45, 2.75) is 31.7 Å². The average Bonchev–Trinajstić information content (AvgIpc) is 3.20. The highest BCUT2D eigenvalue weighted by Gasteiger charge is 2.24. The van der Waals surface area contributed by atoms with Crippen molar-refractivity contribution in [3.8, 4) is 0 Å². The smallest absolute Gasteiger partial charge is 0.239 e. The summed E-state index contributed by atoms with van der Waals surface area (Å²) in [7, 11) is 1.84. The fraction of sp³-hybridized carbons (Fsp3) is 0.524. The Labute approximate surface area is 165 Å². The number of likely N-dealkylation sites (N-methyl/N-ethyl adjacent to an activating group) is 1. The summed E-state index contributed by atoms with van der Waals surface area (Å²) in [5.41, 5.74) is 7.98. The zero-order chi connectivity index (χ0) is 19.9. The Morgan fingerprint density at radius 2 is 2.21 bits per heavy atom. The maximum absolute atomic E-state index is 13.3. The Morgan fingerprint density at radius 1 is 1.43 bits per heavy atom. The number of H-pyrrole nitrogens is 1. The molecule has 2 heterocycles. The molecular weight excluding hydrogens is 357 g/mol. The van der Waals surface area contributed by atoms with Gasteiger partial charge in [0.15, 0.2) is 0 Å². The highest BCUT2D eigenvalue weighted by atomic mass is 19.1. The van der Waals surface area contributed by atoms with Gasteiger partial charge in [-0.15, -0.1) is 0 Å². The predicted octanol–water partition coefficient (Wildman–Crippen LogP) is 1.83. The van der Waals surface area contributed by atoms with Crippen molar-refractivity contribution in [2.75, 3.05) is 33.2 Å². The molecular formula is C21H30FN5O. The Bertz CT molecular complexity index is 743. The van der Waals surface area contributed by atoms with Crippen molar-refractivity contribution in [3.63, 3.8) is 0 Å². The van der Waals surface area contributed by atoms with Crippen molar-refractivity contribution >= 4 is 5.91 Å². The van der Waals surface area contributed by atoms with Crippen LogP contribution in [0, 0.1) is 11.7 Å². The summed E-state index contributed by atoms with van der Waals surface area (Å²) in [6, 6.07) is 6.29. The molecule has 1 fully saturated rings. The van der Waals surface area contributed by atoms with Crippen LogP contribution in [0.1, 0.15) is 24.1 Å². The monoisotopic (exact) mass is 387 g/mol. The van der Waals surface area contributed by atoms with Crippen molar-refractivity contribution in [3.05, 3.63) is 53.9 Å². The number of hydrogen-bond donors (Lipinski definition) is 2. The Morgan fingerprint density at radius 3 is 2.89 bits per heavy atom. The number of nitrogens with one attached hydrogen (secondary N) is 1. The molecule has 152 valence electrons. The van der Waals surface area contributed by atoms with Gasteiger partial charge in [-0.25, -0.2) is 9.37 Å². The van der Waals surface area contributed by atoms with Crippen LogP contribution in [0.5, 0.6) is 0 Å². The van der Waals surface area contributed by atoms with Gasteiger partial charge < -0.3 is 20.5 Å². The minimum atomic E-state index is -0.545. The van der Waals surface area contributed by atoms with Gasteiger partial charge in [0.2, 0.25) is 5.91 Å². The highest BCUT2D eigenvalue weighted by molar-refractivity contribution is 5.81. The maximum atomic E-state index is 13.3. The number of piperidine rings is 1. The molecule has 0 spiro atoms. The number of benzene rings is 1. The van der Waals surface area contributed by atoms with Gasteiger partial charge in [0.1, 0.15) is 5.82 Å². The standard InChI is InChI=1S/C21H30FN5O/c1-26(21(28)20(23)12-19-13-24-15-25-19)14-17-6-9-27(10-7-17)8-5-16-3-2-4-18(22)11-16/h2-4,11,13,15,17,20H,5-10,12,14,23H2,1H3,(H,24,25). The van der Waals surface area contributed by atoms with E-state index in [1.165, 1.54) is 6.07 Å². The molecule has 1 aromatic heterocycles. The second-order valence-corrected chi connectivity index (χ2v) is 7.77. The number of hydrogen-bond acceptors (Lipinski definition) is 4. The zero-order valence-electron chi connectivity index (χ0n) is 16.5. The number of nitrogens with zero attached hydrogens (tertiary/aromatic N) is 3. The molecule has 28 heavy (non-hydrogen) atoms. The van der Waals surface area contributed by atoms with Crippen LogP contribution < -0.4 is 5.73 Å². The first-order valence-corrected chi connectivity index (χ1v) is 9.96. The van der Waals surface area contributed by atoms with Gasteiger partial charge in [-0.1, -0.05) is 12.1 Å². The SMILES string of the molecule is CN(CC1CCN(CCc2cccc(F)c2)CC1)C(=O)C(N)Cc1cnc[nH]1. The fourth-order valence-electron chi connectivity index (χ4n) is 3.85. The summed E-state index contributed by atoms with van der Waals surface area (Å²) in [6.45, 7) is 3.72. The second-order valence-electron chi connectivity index (χ2n) is 7.77. The maximum Gasteiger partial charge on any atom is 0.239 e. The topological polar surface area (TPSA) is 78.2 Å². The molecule has 1 atom stereocenters. The first-order chi connectivity index (χ1) is 13.5. The predicted molar refractivity (Wildman–Crippen MR) is 107 cm³/mol. The Hall–Kier alpha value is -2.25. The van der Waals surface area contributed by atoms with E-state index in [9.17, 15) is 9.18 Å². The van der Waals surface area contributed by atoms with Crippen LogP contribution in [-0.4, -0.2) is 64.9 Å². The van der Waals surface area contributed by atoms with Gasteiger partial charge in [-0.05, 0) is 56.0 Å². The lowest BCUT2D eigenvalue weighted by molar-refractivity contribution is -0.132. The van der Waals surface area contributed by atoms with Crippen LogP contribution in [0.25, 0.3) is 0 Å². The number of amides is 1. The number of nitrogens with two attached hydrogens (primary N) is 1. The molecule has 0 aliphatic carbocycles. The fourth-order valence-corrected chi connectivity index (χ4v) is 3.85. The van der Waals surface area contributed by atoms with E-state index in [1.807, 2.05) is 13.1 Å². The van der Waals surface area contributed by atoms with Crippen molar-refractivity contribution < 1.29 is 9.18 Å². The van der Waals surface area contributed by atoms with E-state index >= 15 is 0 Å². The van der Waals surface area contributed by atoms with Gasteiger partial charge in [-0.2, -0.15) is 0 Å². The molecule has 7 heteroatoms. The number of likely N-dealkylation sites (tertiary alicyclic amines) is 1. The Kier molecular flexibility index (Phi) is 7.17. The van der Waals surface area contributed by atoms with Crippen LogP contribution >= 0.6 is 0 Å². The summed E-state index contributed by atoms with van der Waals surface area (Å²) >= 11 is 0. The van der Waals surface area contributed by atoms with Crippen molar-refractivity contribution in [1.29, 1.82) is 0 Å². The number of halogens is 1. The summed E-state index contributed by atoms with van der Waals surface area (Å²) in [4.78, 5) is 23.7. The van der Waals surface area contributed by atoms with E-state index in [1.54, 1.807) is 29.6 Å². The summed E-state index contributed by atoms with van der Waals surface area (Å²) in [5, 5.41) is 0. The molecule has 0 radical (unpaired) electrons. The van der Waals surface area contributed by atoms with E-state index in [4.69, 9.17) is 5.73 Å². The van der Waals surface area contributed by atoms with E-state index in [0.717, 1.165) is 56.7 Å². The van der Waals surface area contributed by atoms with Gasteiger partial charge in [0.25, 0.3) is 0 Å². The van der Waals surface area contributed by atoms with E-state index in [2.05, 4.69) is 14.9 Å². The van der Waals surface area contributed by atoms with E-state index < -0.39 is 6.04 Å². The second kappa shape index (κ2) is 9.80. The Balaban J connectivity index is 1.37. The van der Waals surface area contributed by atoms with Crippen LogP contribution in [-0.2, 0) is 17.6 Å². The quantitative estimate of drug-likeness (QED) is 0.724. The molecule has 3 rings (SSSR count). The van der Waals surface area contributed by atoms with Crippen LogP contribution in [0.15, 0.2) is 36.8 Å². The number of carbonyl (C=O) groups excluding carboxylic acids is 1. The van der Waals surface area contributed by atoms with Gasteiger partial charge >= 0.3 is 0 Å². The third kappa shape index (κ3) is 5.87. The van der Waals surface area contributed by atoms with Crippen LogP contribution in [0.3, 0.4) is 0 Å². The van der Waals surface area contributed by atoms with Crippen molar-refractivity contribution in [2.24, 2.45) is 11.7 Å². The molecule has 1 amide bonds. The minimum Gasteiger partial charge on any atom is -0.348 e. The van der Waals surface area contributed by atoms with E-state index in [0.29, 0.717) is 12.3 Å². The third-order valence-electron chi connectivity index (χ3n) is 5.53. The van der Waals surface area contributed by atoms with Crippen molar-refractivity contribution in [1.82, 2.24) is 19.8 Å². The first-order valence-electron chi connectivity index (χ1n) is 9.96.